The minimum absolute atomic E-state index is 0.131. The van der Waals surface area contributed by atoms with Gasteiger partial charge in [0, 0.05) is 45.7 Å². The Bertz CT molecular complexity index is 476. The first-order chi connectivity index (χ1) is 10.2. The van der Waals surface area contributed by atoms with Crippen LogP contribution < -0.4 is 10.6 Å². The van der Waals surface area contributed by atoms with Gasteiger partial charge in [-0.3, -0.25) is 9.69 Å². The van der Waals surface area contributed by atoms with Gasteiger partial charge in [-0.15, -0.1) is 0 Å². The van der Waals surface area contributed by atoms with E-state index in [-0.39, 0.29) is 24.3 Å². The van der Waals surface area contributed by atoms with Crippen LogP contribution in [0, 0.1) is 11.6 Å². The number of halogens is 2. The minimum atomic E-state index is -0.869. The van der Waals surface area contributed by atoms with Crippen LogP contribution >= 0.6 is 0 Å². The molecule has 0 aromatic heterocycles. The summed E-state index contributed by atoms with van der Waals surface area (Å²) < 4.78 is 26.5. The van der Waals surface area contributed by atoms with E-state index in [1.54, 1.807) is 0 Å². The first-order valence-corrected chi connectivity index (χ1v) is 7.29. The number of hydrogen-bond acceptors (Lipinski definition) is 3. The Labute approximate surface area is 123 Å². The van der Waals surface area contributed by atoms with Crippen molar-refractivity contribution < 1.29 is 13.6 Å². The average molecular weight is 297 g/mol. The SMILES string of the molecule is O=C(CCc1cccc(F)c1F)NCCN1CCNCC1. The lowest BCUT2D eigenvalue weighted by molar-refractivity contribution is -0.121. The van der Waals surface area contributed by atoms with E-state index in [1.807, 2.05) is 0 Å². The van der Waals surface area contributed by atoms with E-state index in [1.165, 1.54) is 12.1 Å². The van der Waals surface area contributed by atoms with Gasteiger partial charge in [-0.2, -0.15) is 0 Å². The second-order valence-electron chi connectivity index (χ2n) is 5.15. The van der Waals surface area contributed by atoms with Gasteiger partial charge in [-0.1, -0.05) is 12.1 Å². The first-order valence-electron chi connectivity index (χ1n) is 7.29. The standard InChI is InChI=1S/C15H21F2N3O/c16-13-3-1-2-12(15(13)17)4-5-14(21)19-8-11-20-9-6-18-7-10-20/h1-3,18H,4-11H2,(H,19,21). The molecule has 0 bridgehead atoms. The molecule has 6 heteroatoms. The molecule has 1 aromatic rings. The van der Waals surface area contributed by atoms with Crippen molar-refractivity contribution in [3.05, 3.63) is 35.4 Å². The van der Waals surface area contributed by atoms with Gasteiger partial charge in [0.2, 0.25) is 5.91 Å². The summed E-state index contributed by atoms with van der Waals surface area (Å²) >= 11 is 0. The fourth-order valence-electron chi connectivity index (χ4n) is 2.37. The van der Waals surface area contributed by atoms with E-state index in [4.69, 9.17) is 0 Å². The van der Waals surface area contributed by atoms with Crippen molar-refractivity contribution in [3.63, 3.8) is 0 Å². The number of nitrogens with zero attached hydrogens (tertiary/aromatic N) is 1. The molecule has 2 rings (SSSR count). The summed E-state index contributed by atoms with van der Waals surface area (Å²) in [5, 5.41) is 6.08. The van der Waals surface area contributed by atoms with Crippen LogP contribution in [0.2, 0.25) is 0 Å². The van der Waals surface area contributed by atoms with Crippen molar-refractivity contribution in [1.29, 1.82) is 0 Å². The van der Waals surface area contributed by atoms with E-state index in [2.05, 4.69) is 15.5 Å². The van der Waals surface area contributed by atoms with Gasteiger partial charge in [-0.05, 0) is 18.1 Å². The van der Waals surface area contributed by atoms with Crippen LogP contribution in [-0.4, -0.2) is 50.1 Å². The average Bonchev–Trinajstić information content (AvgIpc) is 2.50. The second kappa shape index (κ2) is 8.05. The normalized spacial score (nSPS) is 15.9. The van der Waals surface area contributed by atoms with Gasteiger partial charge in [-0.25, -0.2) is 8.78 Å². The molecule has 116 valence electrons. The molecule has 1 aromatic carbocycles. The number of rotatable bonds is 6. The first kappa shape index (κ1) is 15.9. The monoisotopic (exact) mass is 297 g/mol. The smallest absolute Gasteiger partial charge is 0.220 e. The molecule has 1 heterocycles. The molecule has 0 radical (unpaired) electrons. The maximum atomic E-state index is 13.4. The van der Waals surface area contributed by atoms with Crippen LogP contribution in [0.4, 0.5) is 8.78 Å². The fraction of sp³-hybridized carbons (Fsp3) is 0.533. The van der Waals surface area contributed by atoms with Crippen LogP contribution in [-0.2, 0) is 11.2 Å². The highest BCUT2D eigenvalue weighted by Crippen LogP contribution is 2.12. The Hall–Kier alpha value is -1.53. The molecule has 1 aliphatic rings. The third-order valence-corrected chi connectivity index (χ3v) is 3.61. The zero-order valence-corrected chi connectivity index (χ0v) is 12.0. The highest BCUT2D eigenvalue weighted by Gasteiger charge is 2.11. The Kier molecular flexibility index (Phi) is 6.07. The number of aryl methyl sites for hydroxylation is 1. The Morgan fingerprint density at radius 1 is 1.29 bits per heavy atom. The van der Waals surface area contributed by atoms with Crippen LogP contribution in [0.3, 0.4) is 0 Å². The Balaban J connectivity index is 1.66. The van der Waals surface area contributed by atoms with E-state index in [0.29, 0.717) is 6.54 Å². The van der Waals surface area contributed by atoms with Gasteiger partial charge in [0.05, 0.1) is 0 Å². The lowest BCUT2D eigenvalue weighted by Gasteiger charge is -2.27. The molecule has 1 saturated heterocycles. The molecule has 1 amide bonds. The fourth-order valence-corrected chi connectivity index (χ4v) is 2.37. The number of nitrogens with one attached hydrogen (secondary N) is 2. The molecule has 0 unspecified atom stereocenters. The number of carbonyl (C=O) groups excluding carboxylic acids is 1. The number of carbonyl (C=O) groups is 1. The third-order valence-electron chi connectivity index (χ3n) is 3.61. The molecule has 0 atom stereocenters. The predicted molar refractivity (Wildman–Crippen MR) is 77.0 cm³/mol. The summed E-state index contributed by atoms with van der Waals surface area (Å²) in [5.41, 5.74) is 0.243. The van der Waals surface area contributed by atoms with Gasteiger partial charge in [0.1, 0.15) is 0 Å². The molecule has 1 fully saturated rings. The van der Waals surface area contributed by atoms with Crippen LogP contribution in [0.25, 0.3) is 0 Å². The lowest BCUT2D eigenvalue weighted by atomic mass is 10.1. The topological polar surface area (TPSA) is 44.4 Å². The number of piperazine rings is 1. The molecule has 2 N–H and O–H groups in total. The van der Waals surface area contributed by atoms with Crippen LogP contribution in [0.15, 0.2) is 18.2 Å². The highest BCUT2D eigenvalue weighted by molar-refractivity contribution is 5.76. The largest absolute Gasteiger partial charge is 0.355 e. The van der Waals surface area contributed by atoms with Gasteiger partial charge < -0.3 is 10.6 Å². The molecular weight excluding hydrogens is 276 g/mol. The van der Waals surface area contributed by atoms with Crippen molar-refractivity contribution in [2.75, 3.05) is 39.3 Å². The minimum Gasteiger partial charge on any atom is -0.355 e. The second-order valence-corrected chi connectivity index (χ2v) is 5.15. The maximum Gasteiger partial charge on any atom is 0.220 e. The zero-order valence-electron chi connectivity index (χ0n) is 12.0. The Morgan fingerprint density at radius 2 is 2.05 bits per heavy atom. The van der Waals surface area contributed by atoms with Crippen molar-refractivity contribution >= 4 is 5.91 Å². The molecular formula is C15H21F2N3O. The molecule has 0 saturated carbocycles. The lowest BCUT2D eigenvalue weighted by Crippen LogP contribution is -2.46. The highest BCUT2D eigenvalue weighted by atomic mass is 19.2. The van der Waals surface area contributed by atoms with Crippen molar-refractivity contribution in [2.45, 2.75) is 12.8 Å². The van der Waals surface area contributed by atoms with E-state index < -0.39 is 11.6 Å². The van der Waals surface area contributed by atoms with Gasteiger partial charge in [0.25, 0.3) is 0 Å². The summed E-state index contributed by atoms with van der Waals surface area (Å²) in [6.45, 7) is 5.35. The molecule has 21 heavy (non-hydrogen) atoms. The third kappa shape index (κ3) is 5.06. The van der Waals surface area contributed by atoms with Crippen molar-refractivity contribution in [3.8, 4) is 0 Å². The van der Waals surface area contributed by atoms with E-state index in [0.717, 1.165) is 38.8 Å². The number of benzene rings is 1. The van der Waals surface area contributed by atoms with Gasteiger partial charge >= 0.3 is 0 Å². The van der Waals surface area contributed by atoms with Crippen molar-refractivity contribution in [2.24, 2.45) is 0 Å². The molecule has 1 aliphatic heterocycles. The summed E-state index contributed by atoms with van der Waals surface area (Å²) in [4.78, 5) is 14.0. The molecule has 0 spiro atoms. The number of hydrogen-bond donors (Lipinski definition) is 2. The quantitative estimate of drug-likeness (QED) is 0.821. The van der Waals surface area contributed by atoms with Crippen molar-refractivity contribution in [1.82, 2.24) is 15.5 Å². The molecule has 4 nitrogen and oxygen atoms in total. The number of amides is 1. The van der Waals surface area contributed by atoms with E-state index >= 15 is 0 Å². The maximum absolute atomic E-state index is 13.4. The van der Waals surface area contributed by atoms with Crippen LogP contribution in [0.1, 0.15) is 12.0 Å². The summed E-state index contributed by atoms with van der Waals surface area (Å²) in [7, 11) is 0. The van der Waals surface area contributed by atoms with Crippen LogP contribution in [0.5, 0.6) is 0 Å². The predicted octanol–water partition coefficient (Wildman–Crippen LogP) is 0.919. The summed E-state index contributed by atoms with van der Waals surface area (Å²) in [6, 6.07) is 4.04. The summed E-state index contributed by atoms with van der Waals surface area (Å²) in [5.74, 6) is -1.86. The summed E-state index contributed by atoms with van der Waals surface area (Å²) in [6.07, 6.45) is 0.380. The van der Waals surface area contributed by atoms with E-state index in [9.17, 15) is 13.6 Å². The van der Waals surface area contributed by atoms with Gasteiger partial charge in [0.15, 0.2) is 11.6 Å². The molecule has 0 aliphatic carbocycles. The zero-order chi connectivity index (χ0) is 15.1. The Morgan fingerprint density at radius 3 is 2.81 bits per heavy atom.